The molecule has 0 radical (unpaired) electrons. The molecule has 0 atom stereocenters. The zero-order valence-electron chi connectivity index (χ0n) is 14.9. The van der Waals surface area contributed by atoms with E-state index < -0.39 is 0 Å². The first kappa shape index (κ1) is 15.7. The van der Waals surface area contributed by atoms with Crippen molar-refractivity contribution in [2.75, 3.05) is 0 Å². The quantitative estimate of drug-likeness (QED) is 0.669. The maximum absolute atomic E-state index is 4.57. The number of benzene rings is 1. The topological polar surface area (TPSA) is 41.6 Å². The van der Waals surface area contributed by atoms with Crippen molar-refractivity contribution in [1.29, 1.82) is 0 Å². The van der Waals surface area contributed by atoms with Gasteiger partial charge in [0.15, 0.2) is 0 Å². The molecule has 1 N–H and O–H groups in total. The van der Waals surface area contributed by atoms with Crippen LogP contribution in [-0.2, 0) is 10.8 Å². The Morgan fingerprint density at radius 2 is 1.57 bits per heavy atom. The molecular formula is C20H25N3. The van der Waals surface area contributed by atoms with E-state index in [1.165, 1.54) is 16.3 Å². The van der Waals surface area contributed by atoms with Gasteiger partial charge in [0.2, 0.25) is 0 Å². The molecule has 1 aromatic carbocycles. The highest BCUT2D eigenvalue weighted by molar-refractivity contribution is 5.97. The van der Waals surface area contributed by atoms with Crippen molar-refractivity contribution in [3.8, 4) is 11.3 Å². The van der Waals surface area contributed by atoms with Gasteiger partial charge in [0.1, 0.15) is 5.82 Å². The average Bonchev–Trinajstić information content (AvgIpc) is 2.94. The van der Waals surface area contributed by atoms with Crippen LogP contribution in [0.1, 0.15) is 52.9 Å². The summed E-state index contributed by atoms with van der Waals surface area (Å²) in [6.07, 6.45) is 5.76. The molecule has 0 saturated carbocycles. The summed E-state index contributed by atoms with van der Waals surface area (Å²) in [5.41, 5.74) is 3.66. The number of fused-ring (bicyclic) bond motifs is 1. The Labute approximate surface area is 138 Å². The van der Waals surface area contributed by atoms with E-state index in [0.29, 0.717) is 0 Å². The molecular weight excluding hydrogens is 282 g/mol. The summed E-state index contributed by atoms with van der Waals surface area (Å²) in [5.74, 6) is 1.00. The molecule has 2 aromatic heterocycles. The Balaban J connectivity index is 2.22. The molecule has 2 heterocycles. The van der Waals surface area contributed by atoms with Gasteiger partial charge < -0.3 is 4.98 Å². The highest BCUT2D eigenvalue weighted by Crippen LogP contribution is 2.35. The third-order valence-electron chi connectivity index (χ3n) is 4.20. The molecule has 23 heavy (non-hydrogen) atoms. The molecule has 0 aliphatic rings. The van der Waals surface area contributed by atoms with Gasteiger partial charge in [-0.25, -0.2) is 4.98 Å². The van der Waals surface area contributed by atoms with Crippen LogP contribution in [0.25, 0.3) is 22.0 Å². The van der Waals surface area contributed by atoms with Gasteiger partial charge in [0, 0.05) is 28.8 Å². The standard InChI is InChI=1S/C20H25N3/c1-19(2,3)16-8-7-14(15-11-21-10-9-13(15)16)17-12-22-18(23-17)20(4,5)6/h7-12H,1-6H3,(H,22,23). The van der Waals surface area contributed by atoms with E-state index in [4.69, 9.17) is 0 Å². The zero-order chi connectivity index (χ0) is 16.8. The van der Waals surface area contributed by atoms with Gasteiger partial charge in [0.25, 0.3) is 0 Å². The van der Waals surface area contributed by atoms with Gasteiger partial charge in [-0.2, -0.15) is 0 Å². The molecule has 0 aliphatic carbocycles. The second-order valence-electron chi connectivity index (χ2n) is 8.23. The van der Waals surface area contributed by atoms with Gasteiger partial charge in [0.05, 0.1) is 11.9 Å². The van der Waals surface area contributed by atoms with Crippen molar-refractivity contribution in [3.63, 3.8) is 0 Å². The SMILES string of the molecule is CC(C)(C)c1ncc(-c2ccc(C(C)(C)C)c3ccncc23)[nH]1. The van der Waals surface area contributed by atoms with Gasteiger partial charge in [-0.1, -0.05) is 53.7 Å². The van der Waals surface area contributed by atoms with Crippen LogP contribution in [0.5, 0.6) is 0 Å². The predicted octanol–water partition coefficient (Wildman–Crippen LogP) is 5.22. The Morgan fingerprint density at radius 3 is 2.17 bits per heavy atom. The molecule has 0 spiro atoms. The summed E-state index contributed by atoms with van der Waals surface area (Å²) in [4.78, 5) is 12.4. The Kier molecular flexibility index (Phi) is 3.55. The molecule has 3 nitrogen and oxygen atoms in total. The third-order valence-corrected chi connectivity index (χ3v) is 4.20. The van der Waals surface area contributed by atoms with Crippen LogP contribution < -0.4 is 0 Å². The number of H-pyrrole nitrogens is 1. The monoisotopic (exact) mass is 307 g/mol. The zero-order valence-corrected chi connectivity index (χ0v) is 14.9. The maximum atomic E-state index is 4.57. The summed E-state index contributed by atoms with van der Waals surface area (Å²) in [6, 6.07) is 6.53. The van der Waals surface area contributed by atoms with Crippen molar-refractivity contribution < 1.29 is 0 Å². The lowest BCUT2D eigenvalue weighted by Gasteiger charge is -2.22. The number of imidazole rings is 1. The Morgan fingerprint density at radius 1 is 0.826 bits per heavy atom. The smallest absolute Gasteiger partial charge is 0.111 e. The predicted molar refractivity (Wildman–Crippen MR) is 96.7 cm³/mol. The lowest BCUT2D eigenvalue weighted by atomic mass is 9.83. The van der Waals surface area contributed by atoms with Crippen LogP contribution in [0.15, 0.2) is 36.8 Å². The van der Waals surface area contributed by atoms with Crippen LogP contribution in [-0.4, -0.2) is 15.0 Å². The van der Waals surface area contributed by atoms with Crippen molar-refractivity contribution in [1.82, 2.24) is 15.0 Å². The molecule has 3 heteroatoms. The van der Waals surface area contributed by atoms with Crippen LogP contribution in [0.3, 0.4) is 0 Å². The average molecular weight is 307 g/mol. The molecule has 0 aliphatic heterocycles. The number of pyridine rings is 1. The van der Waals surface area contributed by atoms with Crippen LogP contribution in [0.2, 0.25) is 0 Å². The fourth-order valence-corrected chi connectivity index (χ4v) is 2.92. The number of nitrogens with zero attached hydrogens (tertiary/aromatic N) is 2. The van der Waals surface area contributed by atoms with E-state index in [9.17, 15) is 0 Å². The Bertz CT molecular complexity index is 845. The first-order chi connectivity index (χ1) is 10.7. The fourth-order valence-electron chi connectivity index (χ4n) is 2.92. The molecule has 0 unspecified atom stereocenters. The highest BCUT2D eigenvalue weighted by Gasteiger charge is 2.21. The second kappa shape index (κ2) is 5.19. The van der Waals surface area contributed by atoms with E-state index in [1.54, 1.807) is 0 Å². The number of aromatic amines is 1. The minimum atomic E-state index is 0.0116. The summed E-state index contributed by atoms with van der Waals surface area (Å²) < 4.78 is 0. The van der Waals surface area contributed by atoms with E-state index in [1.807, 2.05) is 18.6 Å². The first-order valence-corrected chi connectivity index (χ1v) is 8.11. The summed E-state index contributed by atoms with van der Waals surface area (Å²) >= 11 is 0. The molecule has 120 valence electrons. The number of hydrogen-bond donors (Lipinski definition) is 1. The summed E-state index contributed by atoms with van der Waals surface area (Å²) in [7, 11) is 0. The lowest BCUT2D eigenvalue weighted by Crippen LogP contribution is -2.13. The maximum Gasteiger partial charge on any atom is 0.111 e. The third kappa shape index (κ3) is 2.88. The lowest BCUT2D eigenvalue weighted by molar-refractivity contribution is 0.553. The van der Waals surface area contributed by atoms with Gasteiger partial charge >= 0.3 is 0 Å². The van der Waals surface area contributed by atoms with Crippen molar-refractivity contribution in [3.05, 3.63) is 48.2 Å². The van der Waals surface area contributed by atoms with E-state index in [-0.39, 0.29) is 10.8 Å². The van der Waals surface area contributed by atoms with Crippen molar-refractivity contribution >= 4 is 10.8 Å². The van der Waals surface area contributed by atoms with Gasteiger partial charge in [-0.15, -0.1) is 0 Å². The minimum absolute atomic E-state index is 0.0116. The molecule has 3 rings (SSSR count). The van der Waals surface area contributed by atoms with Gasteiger partial charge in [-0.3, -0.25) is 4.98 Å². The molecule has 0 amide bonds. The van der Waals surface area contributed by atoms with Gasteiger partial charge in [-0.05, 0) is 22.4 Å². The van der Waals surface area contributed by atoms with Crippen LogP contribution in [0.4, 0.5) is 0 Å². The summed E-state index contributed by atoms with van der Waals surface area (Å²) in [5, 5.41) is 2.43. The Hall–Kier alpha value is -2.16. The molecule has 0 bridgehead atoms. The van der Waals surface area contributed by atoms with Crippen LogP contribution >= 0.6 is 0 Å². The normalized spacial score (nSPS) is 12.8. The van der Waals surface area contributed by atoms with Crippen molar-refractivity contribution in [2.45, 2.75) is 52.4 Å². The van der Waals surface area contributed by atoms with Crippen molar-refractivity contribution in [2.24, 2.45) is 0 Å². The van der Waals surface area contributed by atoms with E-state index in [0.717, 1.165) is 17.1 Å². The molecule has 0 saturated heterocycles. The highest BCUT2D eigenvalue weighted by atomic mass is 14.9. The molecule has 0 fully saturated rings. The largest absolute Gasteiger partial charge is 0.342 e. The summed E-state index contributed by atoms with van der Waals surface area (Å²) in [6.45, 7) is 13.2. The number of hydrogen-bond acceptors (Lipinski definition) is 2. The van der Waals surface area contributed by atoms with E-state index in [2.05, 4.69) is 74.7 Å². The first-order valence-electron chi connectivity index (χ1n) is 8.11. The minimum Gasteiger partial charge on any atom is -0.342 e. The number of aromatic nitrogens is 3. The fraction of sp³-hybridized carbons (Fsp3) is 0.400. The van der Waals surface area contributed by atoms with Crippen LogP contribution in [0, 0.1) is 0 Å². The number of rotatable bonds is 1. The van der Waals surface area contributed by atoms with E-state index >= 15 is 0 Å². The number of nitrogens with one attached hydrogen (secondary N) is 1. The second-order valence-corrected chi connectivity index (χ2v) is 8.23. The molecule has 3 aromatic rings.